The van der Waals surface area contributed by atoms with Crippen molar-refractivity contribution in [1.82, 2.24) is 9.97 Å². The number of rotatable bonds is 13. The molecule has 0 unspecified atom stereocenters. The Labute approximate surface area is 310 Å². The Kier molecular flexibility index (Phi) is 10.3. The van der Waals surface area contributed by atoms with Crippen LogP contribution in [0.3, 0.4) is 0 Å². The van der Waals surface area contributed by atoms with Crippen molar-refractivity contribution in [2.24, 2.45) is 0 Å². The highest BCUT2D eigenvalue weighted by molar-refractivity contribution is 7.93. The molecule has 4 aromatic carbocycles. The van der Waals surface area contributed by atoms with Crippen LogP contribution in [0, 0.1) is 13.8 Å². The zero-order valence-corrected chi connectivity index (χ0v) is 30.2. The van der Waals surface area contributed by atoms with E-state index in [9.17, 15) is 36.6 Å². The van der Waals surface area contributed by atoms with Gasteiger partial charge < -0.3 is 10.2 Å². The summed E-state index contributed by atoms with van der Waals surface area (Å²) in [5.74, 6) is -2.59. The molecule has 0 radical (unpaired) electrons. The van der Waals surface area contributed by atoms with Crippen molar-refractivity contribution in [2.75, 3.05) is 20.3 Å². The Balaban J connectivity index is 1.42. The van der Waals surface area contributed by atoms with Crippen LogP contribution >= 0.6 is 0 Å². The minimum Gasteiger partial charge on any atom is -0.478 e. The molecule has 0 fully saturated rings. The van der Waals surface area contributed by atoms with E-state index < -0.39 is 32.0 Å². The van der Waals surface area contributed by atoms with Crippen molar-refractivity contribution in [1.29, 1.82) is 0 Å². The molecular formula is C38H32N6O8S2. The number of hydrazine groups is 1. The maximum Gasteiger partial charge on any atom is 0.335 e. The fourth-order valence-electron chi connectivity index (χ4n) is 5.59. The molecule has 54 heavy (non-hydrogen) atoms. The van der Waals surface area contributed by atoms with Gasteiger partial charge >= 0.3 is 11.9 Å². The van der Waals surface area contributed by atoms with Gasteiger partial charge in [0.15, 0.2) is 0 Å². The normalized spacial score (nSPS) is 11.4. The number of nitrogens with zero attached hydrogens (tertiary/aromatic N) is 2. The van der Waals surface area contributed by atoms with Crippen molar-refractivity contribution in [3.8, 4) is 22.3 Å². The van der Waals surface area contributed by atoms with E-state index in [2.05, 4.69) is 30.3 Å². The van der Waals surface area contributed by atoms with Crippen LogP contribution in [0.2, 0.25) is 0 Å². The van der Waals surface area contributed by atoms with E-state index in [4.69, 9.17) is 0 Å². The molecule has 6 N–H and O–H groups in total. The van der Waals surface area contributed by atoms with E-state index in [1.807, 2.05) is 26.0 Å². The Hall–Kier alpha value is -6.78. The standard InChI is InChI=1S/C38H32N6O8S2/c1-23-15-33(35(19-31(23)27-9-5-13-39-21-27)43-53(49,50)29-11-3-7-25(17-29)37(45)46)41-42-34-16-24(2)32(28-10-6-14-40-22-28)20-36(34)44-54(51,52)30-12-4-8-26(18-30)38(47)48/h3-22,41-44H,1-2H3,(H,45,46)(H,47,48). The zero-order chi connectivity index (χ0) is 38.6. The highest BCUT2D eigenvalue weighted by Crippen LogP contribution is 2.37. The average Bonchev–Trinajstić information content (AvgIpc) is 3.16. The SMILES string of the molecule is Cc1cc(NNc2cc(C)c(-c3cccnc3)cc2NS(=O)(=O)c2cccc(C(=O)O)c2)c(NS(=O)(=O)c2cccc(C(=O)O)c2)cc1-c1cccnc1. The number of aromatic nitrogens is 2. The number of benzene rings is 4. The first kappa shape index (κ1) is 37.0. The summed E-state index contributed by atoms with van der Waals surface area (Å²) in [7, 11) is -8.68. The predicted molar refractivity (Wildman–Crippen MR) is 204 cm³/mol. The first-order valence-corrected chi connectivity index (χ1v) is 19.0. The molecule has 0 saturated heterocycles. The van der Waals surface area contributed by atoms with Gasteiger partial charge in [-0.1, -0.05) is 24.3 Å². The minimum atomic E-state index is -4.34. The molecule has 274 valence electrons. The molecule has 0 saturated carbocycles. The van der Waals surface area contributed by atoms with E-state index in [0.717, 1.165) is 23.3 Å². The number of carboxylic acid groups (broad SMARTS) is 2. The smallest absolute Gasteiger partial charge is 0.335 e. The molecule has 14 nitrogen and oxygen atoms in total. The number of hydrogen-bond donors (Lipinski definition) is 6. The maximum atomic E-state index is 13.7. The van der Waals surface area contributed by atoms with Gasteiger partial charge in [-0.05, 0) is 109 Å². The van der Waals surface area contributed by atoms with Crippen molar-refractivity contribution in [2.45, 2.75) is 23.6 Å². The van der Waals surface area contributed by atoms with Gasteiger partial charge in [-0.25, -0.2) is 26.4 Å². The van der Waals surface area contributed by atoms with Crippen molar-refractivity contribution < 1.29 is 36.6 Å². The van der Waals surface area contributed by atoms with Crippen molar-refractivity contribution in [3.63, 3.8) is 0 Å². The second-order valence-electron chi connectivity index (χ2n) is 12.0. The largest absolute Gasteiger partial charge is 0.478 e. The number of carboxylic acids is 2. The van der Waals surface area contributed by atoms with Gasteiger partial charge in [0, 0.05) is 35.9 Å². The molecule has 6 aromatic rings. The fourth-order valence-corrected chi connectivity index (χ4v) is 7.82. The molecular weight excluding hydrogens is 733 g/mol. The predicted octanol–water partition coefficient (Wildman–Crippen LogP) is 6.86. The second kappa shape index (κ2) is 15.1. The van der Waals surface area contributed by atoms with E-state index in [0.29, 0.717) is 22.3 Å². The summed E-state index contributed by atoms with van der Waals surface area (Å²) in [5, 5.41) is 18.9. The van der Waals surface area contributed by atoms with Gasteiger partial charge in [-0.15, -0.1) is 0 Å². The van der Waals surface area contributed by atoms with Crippen molar-refractivity contribution >= 4 is 54.7 Å². The molecule has 0 atom stereocenters. The molecule has 0 aliphatic carbocycles. The number of hydrogen-bond acceptors (Lipinski definition) is 10. The number of carbonyl (C=O) groups is 2. The van der Waals surface area contributed by atoms with Gasteiger partial charge in [0.05, 0.1) is 43.7 Å². The van der Waals surface area contributed by atoms with Crippen LogP contribution in [0.4, 0.5) is 22.7 Å². The molecule has 0 aliphatic rings. The Morgan fingerprint density at radius 3 is 1.30 bits per heavy atom. The number of anilines is 4. The zero-order valence-electron chi connectivity index (χ0n) is 28.6. The quantitative estimate of drug-likeness (QED) is 0.0665. The minimum absolute atomic E-state index is 0.0731. The Morgan fingerprint density at radius 1 is 0.537 bits per heavy atom. The average molecular weight is 765 g/mol. The van der Waals surface area contributed by atoms with Gasteiger partial charge in [0.1, 0.15) is 0 Å². The summed E-state index contributed by atoms with van der Waals surface area (Å²) >= 11 is 0. The number of aryl methyl sites for hydroxylation is 2. The lowest BCUT2D eigenvalue weighted by Crippen LogP contribution is -2.19. The van der Waals surface area contributed by atoms with Gasteiger partial charge in [0.2, 0.25) is 0 Å². The van der Waals surface area contributed by atoms with Gasteiger partial charge in [-0.2, -0.15) is 0 Å². The van der Waals surface area contributed by atoms with E-state index in [-0.39, 0.29) is 43.7 Å². The molecule has 0 spiro atoms. The highest BCUT2D eigenvalue weighted by atomic mass is 32.2. The molecule has 0 amide bonds. The van der Waals surface area contributed by atoms with Crippen molar-refractivity contribution in [3.05, 3.63) is 144 Å². The lowest BCUT2D eigenvalue weighted by molar-refractivity contribution is 0.0685. The number of sulfonamides is 2. The molecule has 0 bridgehead atoms. The molecule has 16 heteroatoms. The topological polar surface area (TPSA) is 217 Å². The second-order valence-corrected chi connectivity index (χ2v) is 15.4. The lowest BCUT2D eigenvalue weighted by Gasteiger charge is -2.21. The monoisotopic (exact) mass is 764 g/mol. The van der Waals surface area contributed by atoms with Crippen LogP contribution in [0.25, 0.3) is 22.3 Å². The third-order valence-corrected chi connectivity index (χ3v) is 11.0. The molecule has 2 aromatic heterocycles. The number of nitrogens with one attached hydrogen (secondary N) is 4. The summed E-state index contributed by atoms with van der Waals surface area (Å²) in [6.45, 7) is 3.64. The van der Waals surface area contributed by atoms with Crippen LogP contribution in [0.1, 0.15) is 31.8 Å². The van der Waals surface area contributed by atoms with Crippen LogP contribution in [-0.2, 0) is 20.0 Å². The van der Waals surface area contributed by atoms with E-state index in [1.165, 1.54) is 36.4 Å². The summed E-state index contributed by atoms with van der Waals surface area (Å²) in [4.78, 5) is 31.0. The van der Waals surface area contributed by atoms with Crippen LogP contribution in [-0.4, -0.2) is 49.0 Å². The molecule has 0 aliphatic heterocycles. The summed E-state index contributed by atoms with van der Waals surface area (Å²) in [5.41, 5.74) is 10.4. The third-order valence-electron chi connectivity index (χ3n) is 8.28. The lowest BCUT2D eigenvalue weighted by atomic mass is 10.00. The Bertz CT molecular complexity index is 2440. The van der Waals surface area contributed by atoms with Gasteiger partial charge in [0.25, 0.3) is 20.0 Å². The van der Waals surface area contributed by atoms with Crippen LogP contribution in [0.15, 0.2) is 132 Å². The first-order chi connectivity index (χ1) is 25.7. The highest BCUT2D eigenvalue weighted by Gasteiger charge is 2.22. The van der Waals surface area contributed by atoms with E-state index in [1.54, 1.807) is 61.2 Å². The van der Waals surface area contributed by atoms with Crippen LogP contribution in [0.5, 0.6) is 0 Å². The Morgan fingerprint density at radius 2 is 0.944 bits per heavy atom. The van der Waals surface area contributed by atoms with Gasteiger partial charge in [-0.3, -0.25) is 30.3 Å². The maximum absolute atomic E-state index is 13.7. The first-order valence-electron chi connectivity index (χ1n) is 16.1. The number of aromatic carboxylic acids is 2. The number of pyridine rings is 2. The van der Waals surface area contributed by atoms with Crippen LogP contribution < -0.4 is 20.3 Å². The summed E-state index contributed by atoms with van der Waals surface area (Å²) < 4.78 is 59.9. The summed E-state index contributed by atoms with van der Waals surface area (Å²) in [6, 6.07) is 23.5. The third kappa shape index (κ3) is 8.14. The summed E-state index contributed by atoms with van der Waals surface area (Å²) in [6.07, 6.45) is 6.46. The fraction of sp³-hybridized carbons (Fsp3) is 0.0526. The van der Waals surface area contributed by atoms with E-state index >= 15 is 0 Å². The molecule has 2 heterocycles. The molecule has 6 rings (SSSR count).